The maximum atomic E-state index is 11.2. The predicted molar refractivity (Wildman–Crippen MR) is 54.8 cm³/mol. The van der Waals surface area contributed by atoms with E-state index in [1.807, 2.05) is 0 Å². The summed E-state index contributed by atoms with van der Waals surface area (Å²) in [6.45, 7) is 0. The van der Waals surface area contributed by atoms with Crippen molar-refractivity contribution in [3.63, 3.8) is 0 Å². The fourth-order valence-corrected chi connectivity index (χ4v) is 2.05. The minimum Gasteiger partial charge on any atom is -0.508 e. The highest BCUT2D eigenvalue weighted by molar-refractivity contribution is 7.89. The first-order chi connectivity index (χ1) is 6.98. The van der Waals surface area contributed by atoms with Gasteiger partial charge in [-0.3, -0.25) is 0 Å². The topological polar surface area (TPSA) is 93.3 Å². The van der Waals surface area contributed by atoms with Gasteiger partial charge in [0.25, 0.3) is 10.0 Å². The molecular weight excluding hydrogens is 216 g/mol. The second kappa shape index (κ2) is 3.18. The van der Waals surface area contributed by atoms with Gasteiger partial charge in [-0.05, 0) is 23.6 Å². The highest BCUT2D eigenvalue weighted by atomic mass is 32.2. The number of benzene rings is 1. The van der Waals surface area contributed by atoms with E-state index in [0.717, 1.165) is 0 Å². The van der Waals surface area contributed by atoms with Gasteiger partial charge in [0, 0.05) is 11.6 Å². The number of nitrogens with zero attached hydrogens (tertiary/aromatic N) is 1. The van der Waals surface area contributed by atoms with Crippen LogP contribution in [-0.4, -0.2) is 18.5 Å². The molecule has 0 aliphatic heterocycles. The summed E-state index contributed by atoms with van der Waals surface area (Å²) in [5.41, 5.74) is 0. The van der Waals surface area contributed by atoms with Crippen LogP contribution < -0.4 is 5.14 Å². The van der Waals surface area contributed by atoms with E-state index in [2.05, 4.69) is 4.98 Å². The molecule has 0 saturated heterocycles. The van der Waals surface area contributed by atoms with Gasteiger partial charge in [-0.1, -0.05) is 6.07 Å². The van der Waals surface area contributed by atoms with Crippen LogP contribution in [0.4, 0.5) is 0 Å². The third-order valence-electron chi connectivity index (χ3n) is 1.98. The number of rotatable bonds is 1. The van der Waals surface area contributed by atoms with Gasteiger partial charge in [-0.2, -0.15) is 0 Å². The largest absolute Gasteiger partial charge is 0.508 e. The highest BCUT2D eigenvalue weighted by Gasteiger charge is 2.13. The predicted octanol–water partition coefficient (Wildman–Crippen LogP) is 0.588. The van der Waals surface area contributed by atoms with Crippen molar-refractivity contribution < 1.29 is 13.5 Å². The van der Waals surface area contributed by atoms with Crippen molar-refractivity contribution in [1.29, 1.82) is 0 Å². The van der Waals surface area contributed by atoms with E-state index in [0.29, 0.717) is 10.8 Å². The third kappa shape index (κ3) is 1.77. The number of fused-ring (bicyclic) bond motifs is 1. The normalized spacial score (nSPS) is 11.8. The first-order valence-corrected chi connectivity index (χ1v) is 5.63. The van der Waals surface area contributed by atoms with Gasteiger partial charge < -0.3 is 5.11 Å². The van der Waals surface area contributed by atoms with Crippen LogP contribution in [0.1, 0.15) is 0 Å². The number of primary sulfonamides is 1. The summed E-state index contributed by atoms with van der Waals surface area (Å²) in [6, 6.07) is 6.03. The van der Waals surface area contributed by atoms with Crippen LogP contribution in [0.3, 0.4) is 0 Å². The lowest BCUT2D eigenvalue weighted by Crippen LogP contribution is -2.14. The van der Waals surface area contributed by atoms with Crippen LogP contribution >= 0.6 is 0 Å². The minimum atomic E-state index is -3.87. The number of phenolic OH excluding ortho intramolecular Hbond substituents is 1. The molecule has 0 spiro atoms. The number of aromatic hydroxyl groups is 1. The molecule has 1 heterocycles. The van der Waals surface area contributed by atoms with Crippen LogP contribution in [0.15, 0.2) is 35.5 Å². The van der Waals surface area contributed by atoms with Gasteiger partial charge in [0.05, 0.1) is 0 Å². The lowest BCUT2D eigenvalue weighted by Gasteiger charge is -2.03. The lowest BCUT2D eigenvalue weighted by atomic mass is 10.2. The van der Waals surface area contributed by atoms with Crippen LogP contribution in [0.5, 0.6) is 5.75 Å². The molecular formula is C9H8N2O3S. The summed E-state index contributed by atoms with van der Waals surface area (Å²) in [6.07, 6.45) is 1.36. The molecule has 1 aromatic carbocycles. The van der Waals surface area contributed by atoms with Gasteiger partial charge in [0.15, 0.2) is 5.03 Å². The molecule has 6 heteroatoms. The molecule has 2 rings (SSSR count). The first-order valence-electron chi connectivity index (χ1n) is 4.09. The summed E-state index contributed by atoms with van der Waals surface area (Å²) in [4.78, 5) is 3.70. The molecule has 0 unspecified atom stereocenters. The molecule has 2 aromatic rings. The molecule has 5 nitrogen and oxygen atoms in total. The van der Waals surface area contributed by atoms with Crippen LogP contribution in [0, 0.1) is 0 Å². The van der Waals surface area contributed by atoms with E-state index in [1.54, 1.807) is 12.1 Å². The number of pyridine rings is 1. The number of nitrogens with two attached hydrogens (primary N) is 1. The first kappa shape index (κ1) is 9.88. The lowest BCUT2D eigenvalue weighted by molar-refractivity contribution is 0.476. The average molecular weight is 224 g/mol. The summed E-state index contributed by atoms with van der Waals surface area (Å²) in [7, 11) is -3.87. The Morgan fingerprint density at radius 2 is 2.00 bits per heavy atom. The SMILES string of the molecule is NS(=O)(=O)c1nccc2ccc(O)cc12. The molecule has 15 heavy (non-hydrogen) atoms. The number of hydrogen-bond donors (Lipinski definition) is 2. The Bertz CT molecular complexity index is 622. The standard InChI is InChI=1S/C9H8N2O3S/c10-15(13,14)9-8-5-7(12)2-1-6(8)3-4-11-9/h1-5,12H,(H2,10,13,14). The summed E-state index contributed by atoms with van der Waals surface area (Å²) in [5, 5.41) is 15.0. The molecule has 0 saturated carbocycles. The molecule has 0 radical (unpaired) electrons. The molecule has 0 amide bonds. The monoisotopic (exact) mass is 224 g/mol. The number of sulfonamides is 1. The van der Waals surface area contributed by atoms with Gasteiger partial charge in [-0.25, -0.2) is 18.5 Å². The molecule has 0 fully saturated rings. The van der Waals surface area contributed by atoms with Crippen molar-refractivity contribution in [2.45, 2.75) is 5.03 Å². The van der Waals surface area contributed by atoms with Gasteiger partial charge in [0.2, 0.25) is 0 Å². The van der Waals surface area contributed by atoms with Crippen molar-refractivity contribution in [2.24, 2.45) is 5.14 Å². The van der Waals surface area contributed by atoms with Crippen molar-refractivity contribution in [1.82, 2.24) is 4.98 Å². The van der Waals surface area contributed by atoms with Crippen LogP contribution in [0.25, 0.3) is 10.8 Å². The van der Waals surface area contributed by atoms with Gasteiger partial charge >= 0.3 is 0 Å². The quantitative estimate of drug-likeness (QED) is 0.741. The second-order valence-corrected chi connectivity index (χ2v) is 4.54. The zero-order valence-electron chi connectivity index (χ0n) is 7.58. The molecule has 0 aliphatic rings. The Kier molecular flexibility index (Phi) is 2.09. The number of aromatic nitrogens is 1. The van der Waals surface area contributed by atoms with E-state index < -0.39 is 10.0 Å². The summed E-state index contributed by atoms with van der Waals surface area (Å²) >= 11 is 0. The fraction of sp³-hybridized carbons (Fsp3) is 0. The van der Waals surface area contributed by atoms with Crippen molar-refractivity contribution >= 4 is 20.8 Å². The van der Waals surface area contributed by atoms with Crippen molar-refractivity contribution in [3.05, 3.63) is 30.5 Å². The smallest absolute Gasteiger partial charge is 0.256 e. The van der Waals surface area contributed by atoms with E-state index in [9.17, 15) is 13.5 Å². The zero-order valence-corrected chi connectivity index (χ0v) is 8.40. The van der Waals surface area contributed by atoms with Crippen molar-refractivity contribution in [3.8, 4) is 5.75 Å². The second-order valence-electron chi connectivity index (χ2n) is 3.07. The van der Waals surface area contributed by atoms with E-state index >= 15 is 0 Å². The average Bonchev–Trinajstić information content (AvgIpc) is 2.15. The van der Waals surface area contributed by atoms with E-state index in [-0.39, 0.29) is 10.8 Å². The molecule has 0 bridgehead atoms. The molecule has 3 N–H and O–H groups in total. The van der Waals surface area contributed by atoms with E-state index in [4.69, 9.17) is 5.14 Å². The maximum absolute atomic E-state index is 11.2. The third-order valence-corrected chi connectivity index (χ3v) is 2.85. The summed E-state index contributed by atoms with van der Waals surface area (Å²) < 4.78 is 22.4. The Labute approximate surface area is 86.2 Å². The summed E-state index contributed by atoms with van der Waals surface area (Å²) in [5.74, 6) is -0.0274. The Morgan fingerprint density at radius 1 is 1.27 bits per heavy atom. The molecule has 0 atom stereocenters. The Morgan fingerprint density at radius 3 is 2.67 bits per heavy atom. The van der Waals surface area contributed by atoms with E-state index in [1.165, 1.54) is 18.3 Å². The number of phenols is 1. The van der Waals surface area contributed by atoms with Gasteiger partial charge in [0.1, 0.15) is 5.75 Å². The highest BCUT2D eigenvalue weighted by Crippen LogP contribution is 2.23. The molecule has 78 valence electrons. The van der Waals surface area contributed by atoms with Gasteiger partial charge in [-0.15, -0.1) is 0 Å². The maximum Gasteiger partial charge on any atom is 0.256 e. The fourth-order valence-electron chi connectivity index (χ4n) is 1.36. The number of hydrogen-bond acceptors (Lipinski definition) is 4. The molecule has 1 aromatic heterocycles. The Hall–Kier alpha value is -1.66. The Balaban J connectivity index is 2.92. The minimum absolute atomic E-state index is 0.0274. The van der Waals surface area contributed by atoms with Crippen LogP contribution in [-0.2, 0) is 10.0 Å². The van der Waals surface area contributed by atoms with Crippen molar-refractivity contribution in [2.75, 3.05) is 0 Å². The zero-order chi connectivity index (χ0) is 11.1. The molecule has 0 aliphatic carbocycles. The van der Waals surface area contributed by atoms with Crippen LogP contribution in [0.2, 0.25) is 0 Å².